The Morgan fingerprint density at radius 1 is 1.50 bits per heavy atom. The summed E-state index contributed by atoms with van der Waals surface area (Å²) in [6.07, 6.45) is 3.19. The van der Waals surface area contributed by atoms with Crippen LogP contribution in [0.2, 0.25) is 0 Å². The molecule has 1 aromatic rings. The SMILES string of the molecule is CN(C(=O)c1ccc(C#N)nc1)C1CCOCC1. The highest BCUT2D eigenvalue weighted by Crippen LogP contribution is 2.15. The standard InChI is InChI=1S/C13H15N3O2/c1-16(12-4-6-18-7-5-12)13(17)10-2-3-11(8-14)15-9-10/h2-3,9,12H,4-7H2,1H3. The second-order valence-corrected chi connectivity index (χ2v) is 4.30. The van der Waals surface area contributed by atoms with Gasteiger partial charge in [-0.2, -0.15) is 5.26 Å². The first-order valence-electron chi connectivity index (χ1n) is 5.93. The highest BCUT2D eigenvalue weighted by molar-refractivity contribution is 5.94. The summed E-state index contributed by atoms with van der Waals surface area (Å²) in [4.78, 5) is 17.9. The normalized spacial score (nSPS) is 16.0. The van der Waals surface area contributed by atoms with Crippen LogP contribution in [-0.4, -0.2) is 42.1 Å². The lowest BCUT2D eigenvalue weighted by Crippen LogP contribution is -2.40. The summed E-state index contributed by atoms with van der Waals surface area (Å²) in [6, 6.07) is 5.36. The third-order valence-corrected chi connectivity index (χ3v) is 3.18. The van der Waals surface area contributed by atoms with Gasteiger partial charge in [-0.3, -0.25) is 4.79 Å². The number of nitrogens with zero attached hydrogens (tertiary/aromatic N) is 3. The van der Waals surface area contributed by atoms with Crippen LogP contribution in [-0.2, 0) is 4.74 Å². The van der Waals surface area contributed by atoms with E-state index in [1.807, 2.05) is 6.07 Å². The number of pyridine rings is 1. The van der Waals surface area contributed by atoms with Crippen molar-refractivity contribution in [3.63, 3.8) is 0 Å². The van der Waals surface area contributed by atoms with E-state index in [9.17, 15) is 4.79 Å². The Bertz CT molecular complexity index is 458. The van der Waals surface area contributed by atoms with Gasteiger partial charge in [0, 0.05) is 32.5 Å². The van der Waals surface area contributed by atoms with E-state index in [1.54, 1.807) is 24.1 Å². The van der Waals surface area contributed by atoms with Crippen molar-refractivity contribution in [3.05, 3.63) is 29.6 Å². The summed E-state index contributed by atoms with van der Waals surface area (Å²) in [5.41, 5.74) is 0.836. The lowest BCUT2D eigenvalue weighted by Gasteiger charge is -2.31. The maximum absolute atomic E-state index is 12.2. The molecule has 2 rings (SSSR count). The molecule has 0 radical (unpaired) electrons. The van der Waals surface area contributed by atoms with Crippen molar-refractivity contribution in [1.29, 1.82) is 5.26 Å². The molecular weight excluding hydrogens is 230 g/mol. The number of rotatable bonds is 2. The molecule has 0 saturated carbocycles. The maximum atomic E-state index is 12.2. The molecule has 0 N–H and O–H groups in total. The molecule has 0 unspecified atom stereocenters. The predicted molar refractivity (Wildman–Crippen MR) is 64.9 cm³/mol. The third kappa shape index (κ3) is 2.66. The van der Waals surface area contributed by atoms with Gasteiger partial charge in [-0.15, -0.1) is 0 Å². The quantitative estimate of drug-likeness (QED) is 0.785. The van der Waals surface area contributed by atoms with Crippen molar-refractivity contribution in [2.45, 2.75) is 18.9 Å². The molecule has 2 heterocycles. The summed E-state index contributed by atoms with van der Waals surface area (Å²) in [5, 5.41) is 8.66. The van der Waals surface area contributed by atoms with Crippen molar-refractivity contribution in [2.24, 2.45) is 0 Å². The lowest BCUT2D eigenvalue weighted by atomic mass is 10.1. The second kappa shape index (κ2) is 5.61. The fourth-order valence-corrected chi connectivity index (χ4v) is 2.03. The van der Waals surface area contributed by atoms with E-state index in [2.05, 4.69) is 4.98 Å². The van der Waals surface area contributed by atoms with Crippen LogP contribution in [0, 0.1) is 11.3 Å². The van der Waals surface area contributed by atoms with E-state index >= 15 is 0 Å². The molecule has 0 bridgehead atoms. The Hall–Kier alpha value is -1.93. The van der Waals surface area contributed by atoms with Gasteiger partial charge in [-0.1, -0.05) is 0 Å². The van der Waals surface area contributed by atoms with Gasteiger partial charge in [0.25, 0.3) is 5.91 Å². The van der Waals surface area contributed by atoms with Crippen LogP contribution in [0.1, 0.15) is 28.9 Å². The molecule has 94 valence electrons. The van der Waals surface area contributed by atoms with Crippen molar-refractivity contribution in [3.8, 4) is 6.07 Å². The fraction of sp³-hybridized carbons (Fsp3) is 0.462. The first-order chi connectivity index (χ1) is 8.72. The molecule has 1 fully saturated rings. The number of hydrogen-bond acceptors (Lipinski definition) is 4. The average molecular weight is 245 g/mol. The van der Waals surface area contributed by atoms with E-state index < -0.39 is 0 Å². The van der Waals surface area contributed by atoms with E-state index in [1.165, 1.54) is 6.20 Å². The van der Waals surface area contributed by atoms with Crippen LogP contribution in [0.25, 0.3) is 0 Å². The Morgan fingerprint density at radius 2 is 2.22 bits per heavy atom. The summed E-state index contributed by atoms with van der Waals surface area (Å²) < 4.78 is 5.28. The fourth-order valence-electron chi connectivity index (χ4n) is 2.03. The van der Waals surface area contributed by atoms with E-state index in [0.29, 0.717) is 24.5 Å². The van der Waals surface area contributed by atoms with E-state index in [0.717, 1.165) is 12.8 Å². The monoisotopic (exact) mass is 245 g/mol. The Morgan fingerprint density at radius 3 is 2.78 bits per heavy atom. The van der Waals surface area contributed by atoms with Crippen LogP contribution in [0.3, 0.4) is 0 Å². The van der Waals surface area contributed by atoms with Gasteiger partial charge in [0.15, 0.2) is 0 Å². The zero-order valence-corrected chi connectivity index (χ0v) is 10.3. The number of aromatic nitrogens is 1. The van der Waals surface area contributed by atoms with Crippen molar-refractivity contribution < 1.29 is 9.53 Å². The van der Waals surface area contributed by atoms with Crippen LogP contribution in [0.4, 0.5) is 0 Å². The smallest absolute Gasteiger partial charge is 0.255 e. The summed E-state index contributed by atoms with van der Waals surface area (Å²) >= 11 is 0. The molecule has 1 aliphatic rings. The van der Waals surface area contributed by atoms with E-state index in [-0.39, 0.29) is 11.9 Å². The van der Waals surface area contributed by atoms with Crippen LogP contribution >= 0.6 is 0 Å². The molecule has 0 spiro atoms. The van der Waals surface area contributed by atoms with Gasteiger partial charge in [0.1, 0.15) is 11.8 Å². The summed E-state index contributed by atoms with van der Waals surface area (Å²) in [7, 11) is 1.80. The molecule has 5 nitrogen and oxygen atoms in total. The third-order valence-electron chi connectivity index (χ3n) is 3.18. The molecule has 18 heavy (non-hydrogen) atoms. The van der Waals surface area contributed by atoms with Crippen molar-refractivity contribution >= 4 is 5.91 Å². The van der Waals surface area contributed by atoms with Crippen molar-refractivity contribution in [2.75, 3.05) is 20.3 Å². The number of carbonyl (C=O) groups is 1. The van der Waals surface area contributed by atoms with Gasteiger partial charge in [-0.25, -0.2) is 4.98 Å². The number of hydrogen-bond donors (Lipinski definition) is 0. The molecular formula is C13H15N3O2. The molecule has 1 saturated heterocycles. The summed E-state index contributed by atoms with van der Waals surface area (Å²) in [5.74, 6) is -0.0566. The van der Waals surface area contributed by atoms with Gasteiger partial charge < -0.3 is 9.64 Å². The largest absolute Gasteiger partial charge is 0.381 e. The highest BCUT2D eigenvalue weighted by Gasteiger charge is 2.23. The van der Waals surface area contributed by atoms with Crippen LogP contribution in [0.5, 0.6) is 0 Å². The zero-order valence-electron chi connectivity index (χ0n) is 10.3. The lowest BCUT2D eigenvalue weighted by molar-refractivity contribution is 0.0362. The van der Waals surface area contributed by atoms with E-state index in [4.69, 9.17) is 10.00 Å². The minimum absolute atomic E-state index is 0.0566. The van der Waals surface area contributed by atoms with Gasteiger partial charge >= 0.3 is 0 Å². The molecule has 5 heteroatoms. The second-order valence-electron chi connectivity index (χ2n) is 4.30. The molecule has 0 aromatic carbocycles. The minimum atomic E-state index is -0.0566. The first kappa shape index (κ1) is 12.5. The Balaban J connectivity index is 2.07. The molecule has 0 atom stereocenters. The first-order valence-corrected chi connectivity index (χ1v) is 5.93. The molecule has 0 aliphatic carbocycles. The summed E-state index contributed by atoms with van der Waals surface area (Å²) in [6.45, 7) is 1.40. The molecule has 1 aliphatic heterocycles. The van der Waals surface area contributed by atoms with Gasteiger partial charge in [0.2, 0.25) is 0 Å². The number of nitriles is 1. The predicted octanol–water partition coefficient (Wildman–Crippen LogP) is 1.20. The number of amides is 1. The molecule has 1 aromatic heterocycles. The van der Waals surface area contributed by atoms with Crippen LogP contribution < -0.4 is 0 Å². The number of ether oxygens (including phenoxy) is 1. The van der Waals surface area contributed by atoms with Gasteiger partial charge in [0.05, 0.1) is 5.56 Å². The topological polar surface area (TPSA) is 66.2 Å². The Labute approximate surface area is 106 Å². The highest BCUT2D eigenvalue weighted by atomic mass is 16.5. The maximum Gasteiger partial charge on any atom is 0.255 e. The average Bonchev–Trinajstić information content (AvgIpc) is 2.47. The van der Waals surface area contributed by atoms with Gasteiger partial charge in [-0.05, 0) is 25.0 Å². The van der Waals surface area contributed by atoms with Crippen LogP contribution in [0.15, 0.2) is 18.3 Å². The minimum Gasteiger partial charge on any atom is -0.381 e. The molecule has 1 amide bonds. The van der Waals surface area contributed by atoms with Crippen molar-refractivity contribution in [1.82, 2.24) is 9.88 Å². The Kier molecular flexibility index (Phi) is 3.90. The zero-order chi connectivity index (χ0) is 13.0. The number of carbonyl (C=O) groups excluding carboxylic acids is 1.